The summed E-state index contributed by atoms with van der Waals surface area (Å²) in [6.07, 6.45) is 5.46. The molecule has 2 heterocycles. The topological polar surface area (TPSA) is 77.4 Å². The van der Waals surface area contributed by atoms with Crippen LogP contribution >= 0.6 is 0 Å². The van der Waals surface area contributed by atoms with E-state index in [0.29, 0.717) is 11.2 Å². The molecule has 0 aromatic carbocycles. The minimum Gasteiger partial charge on any atom is -0.364 e. The number of rotatable bonds is 2. The van der Waals surface area contributed by atoms with Crippen molar-refractivity contribution in [1.29, 1.82) is 5.26 Å². The van der Waals surface area contributed by atoms with E-state index in [1.165, 1.54) is 6.33 Å². The van der Waals surface area contributed by atoms with Crippen molar-refractivity contribution in [1.82, 2.24) is 15.0 Å². The predicted octanol–water partition coefficient (Wildman–Crippen LogP) is 1.79. The van der Waals surface area contributed by atoms with Crippen LogP contribution in [0, 0.1) is 11.3 Å². The number of nitrogens with one attached hydrogen (secondary N) is 2. The molecule has 0 atom stereocenters. The van der Waals surface area contributed by atoms with Crippen LogP contribution in [-0.4, -0.2) is 20.5 Å². The van der Waals surface area contributed by atoms with E-state index in [2.05, 4.69) is 33.3 Å². The monoisotopic (exact) mass is 213 g/mol. The van der Waals surface area contributed by atoms with Crippen molar-refractivity contribution in [2.75, 3.05) is 5.32 Å². The average molecular weight is 213 g/mol. The molecule has 5 nitrogen and oxygen atoms in total. The van der Waals surface area contributed by atoms with Gasteiger partial charge in [-0.3, -0.25) is 0 Å². The van der Waals surface area contributed by atoms with Gasteiger partial charge in [-0.1, -0.05) is 0 Å². The van der Waals surface area contributed by atoms with Crippen molar-refractivity contribution in [2.24, 2.45) is 0 Å². The first-order valence-corrected chi connectivity index (χ1v) is 5.22. The lowest BCUT2D eigenvalue weighted by molar-refractivity contribution is 0.822. The predicted molar refractivity (Wildman–Crippen MR) is 59.9 cm³/mol. The summed E-state index contributed by atoms with van der Waals surface area (Å²) in [5.41, 5.74) is 1.44. The van der Waals surface area contributed by atoms with Crippen LogP contribution in [0.3, 0.4) is 0 Å². The van der Waals surface area contributed by atoms with E-state index in [9.17, 15) is 0 Å². The van der Waals surface area contributed by atoms with Gasteiger partial charge in [0.1, 0.15) is 23.9 Å². The highest BCUT2D eigenvalue weighted by Gasteiger charge is 2.38. The Hall–Kier alpha value is -2.09. The summed E-state index contributed by atoms with van der Waals surface area (Å²) in [5.74, 6) is 0.753. The summed E-state index contributed by atoms with van der Waals surface area (Å²) in [4.78, 5) is 11.3. The van der Waals surface area contributed by atoms with Gasteiger partial charge < -0.3 is 10.3 Å². The number of hydrogen-bond acceptors (Lipinski definition) is 4. The third kappa shape index (κ3) is 1.31. The normalized spacial score (nSPS) is 17.0. The summed E-state index contributed by atoms with van der Waals surface area (Å²) < 4.78 is 0. The Balaban J connectivity index is 2.15. The number of nitriles is 1. The van der Waals surface area contributed by atoms with Crippen LogP contribution in [0.25, 0.3) is 11.0 Å². The van der Waals surface area contributed by atoms with E-state index >= 15 is 0 Å². The van der Waals surface area contributed by atoms with Crippen LogP contribution in [0.2, 0.25) is 0 Å². The minimum absolute atomic E-state index is 0.144. The van der Waals surface area contributed by atoms with Crippen LogP contribution in [0.15, 0.2) is 12.5 Å². The van der Waals surface area contributed by atoms with Gasteiger partial charge in [-0.05, 0) is 19.8 Å². The number of hydrogen-bond donors (Lipinski definition) is 2. The van der Waals surface area contributed by atoms with Crippen LogP contribution in [0.5, 0.6) is 0 Å². The van der Waals surface area contributed by atoms with Crippen molar-refractivity contribution in [3.63, 3.8) is 0 Å². The second-order valence-corrected chi connectivity index (χ2v) is 4.45. The van der Waals surface area contributed by atoms with E-state index in [4.69, 9.17) is 5.26 Å². The third-order valence-corrected chi connectivity index (χ3v) is 3.01. The lowest BCUT2D eigenvalue weighted by atomic mass is 10.2. The molecular weight excluding hydrogens is 202 g/mol. The third-order valence-electron chi connectivity index (χ3n) is 3.01. The molecule has 1 fully saturated rings. The van der Waals surface area contributed by atoms with E-state index < -0.39 is 0 Å². The van der Waals surface area contributed by atoms with Crippen molar-refractivity contribution in [2.45, 2.75) is 25.3 Å². The molecule has 0 amide bonds. The fourth-order valence-corrected chi connectivity index (χ4v) is 1.74. The molecule has 0 aliphatic heterocycles. The van der Waals surface area contributed by atoms with E-state index in [1.54, 1.807) is 6.20 Å². The lowest BCUT2D eigenvalue weighted by Gasteiger charge is -2.12. The van der Waals surface area contributed by atoms with Crippen molar-refractivity contribution in [3.05, 3.63) is 18.1 Å². The Bertz CT molecular complexity index is 588. The van der Waals surface area contributed by atoms with Crippen LogP contribution < -0.4 is 5.32 Å². The zero-order valence-electron chi connectivity index (χ0n) is 8.91. The number of nitrogens with zero attached hydrogens (tertiary/aromatic N) is 3. The largest absolute Gasteiger partial charge is 0.364 e. The number of fused-ring (bicyclic) bond motifs is 1. The maximum absolute atomic E-state index is 9.01. The van der Waals surface area contributed by atoms with Crippen molar-refractivity contribution < 1.29 is 0 Å². The zero-order valence-corrected chi connectivity index (χ0v) is 8.91. The van der Waals surface area contributed by atoms with Crippen LogP contribution in [0.4, 0.5) is 5.82 Å². The summed E-state index contributed by atoms with van der Waals surface area (Å²) in [6.45, 7) is 2.15. The van der Waals surface area contributed by atoms with Gasteiger partial charge in [0.15, 0.2) is 0 Å². The van der Waals surface area contributed by atoms with Gasteiger partial charge in [0.05, 0.1) is 10.9 Å². The maximum atomic E-state index is 9.01. The first-order valence-electron chi connectivity index (χ1n) is 5.22. The second kappa shape index (κ2) is 2.95. The first kappa shape index (κ1) is 9.16. The Morgan fingerprint density at radius 1 is 1.50 bits per heavy atom. The molecule has 0 saturated heterocycles. The smallest absolute Gasteiger partial charge is 0.144 e. The van der Waals surface area contributed by atoms with Gasteiger partial charge >= 0.3 is 0 Å². The molecule has 80 valence electrons. The maximum Gasteiger partial charge on any atom is 0.144 e. The molecule has 2 aromatic rings. The van der Waals surface area contributed by atoms with Gasteiger partial charge in [0.2, 0.25) is 0 Å². The minimum atomic E-state index is 0.144. The Kier molecular flexibility index (Phi) is 1.69. The Morgan fingerprint density at radius 2 is 2.31 bits per heavy atom. The fraction of sp³-hybridized carbons (Fsp3) is 0.364. The van der Waals surface area contributed by atoms with Gasteiger partial charge in [-0.15, -0.1) is 0 Å². The van der Waals surface area contributed by atoms with Crippen LogP contribution in [0.1, 0.15) is 25.3 Å². The molecule has 0 spiro atoms. The molecule has 2 N–H and O–H groups in total. The summed E-state index contributed by atoms with van der Waals surface area (Å²) >= 11 is 0. The van der Waals surface area contributed by atoms with Crippen molar-refractivity contribution in [3.8, 4) is 6.07 Å². The highest BCUT2D eigenvalue weighted by Crippen LogP contribution is 2.39. The molecule has 1 saturated carbocycles. The molecule has 0 radical (unpaired) electrons. The molecular formula is C11H11N5. The highest BCUT2D eigenvalue weighted by atomic mass is 15.1. The van der Waals surface area contributed by atoms with Crippen LogP contribution in [-0.2, 0) is 0 Å². The molecule has 2 aromatic heterocycles. The van der Waals surface area contributed by atoms with Gasteiger partial charge in [-0.2, -0.15) is 5.26 Å². The van der Waals surface area contributed by atoms with Gasteiger partial charge in [-0.25, -0.2) is 9.97 Å². The molecule has 3 rings (SSSR count). The number of H-pyrrole nitrogens is 1. The molecule has 1 aliphatic carbocycles. The SMILES string of the molecule is CC1(Nc2ncnc3[nH]cc(C#N)c23)CC1. The zero-order chi connectivity index (χ0) is 11.2. The molecule has 16 heavy (non-hydrogen) atoms. The van der Waals surface area contributed by atoms with E-state index in [-0.39, 0.29) is 5.54 Å². The molecule has 0 bridgehead atoms. The first-order chi connectivity index (χ1) is 7.72. The summed E-state index contributed by atoms with van der Waals surface area (Å²) in [7, 11) is 0. The Morgan fingerprint density at radius 3 is 3.00 bits per heavy atom. The highest BCUT2D eigenvalue weighted by molar-refractivity contribution is 5.92. The van der Waals surface area contributed by atoms with E-state index in [1.807, 2.05) is 0 Å². The van der Waals surface area contributed by atoms with Crippen molar-refractivity contribution >= 4 is 16.9 Å². The van der Waals surface area contributed by atoms with Gasteiger partial charge in [0.25, 0.3) is 0 Å². The molecule has 0 unspecified atom stereocenters. The fourth-order valence-electron chi connectivity index (χ4n) is 1.74. The number of aromatic nitrogens is 3. The number of aromatic amines is 1. The Labute approximate surface area is 92.5 Å². The summed E-state index contributed by atoms with van der Waals surface area (Å²) in [6, 6.07) is 2.15. The standard InChI is InChI=1S/C11H11N5/c1-11(2-3-11)16-10-8-7(4-12)5-13-9(8)14-6-15-10/h5-6H,2-3H2,1H3,(H2,13,14,15,16). The average Bonchev–Trinajstić information content (AvgIpc) is 2.86. The molecule has 5 heteroatoms. The van der Waals surface area contributed by atoms with E-state index in [0.717, 1.165) is 24.0 Å². The lowest BCUT2D eigenvalue weighted by Crippen LogP contribution is -2.17. The number of anilines is 1. The second-order valence-electron chi connectivity index (χ2n) is 4.45. The molecule has 1 aliphatic rings. The quantitative estimate of drug-likeness (QED) is 0.797. The summed E-state index contributed by atoms with van der Waals surface area (Å²) in [5, 5.41) is 13.2. The van der Waals surface area contributed by atoms with Gasteiger partial charge in [0, 0.05) is 11.7 Å².